The van der Waals surface area contributed by atoms with Gasteiger partial charge in [-0.2, -0.15) is 0 Å². The van der Waals surface area contributed by atoms with Crippen LogP contribution in [0.4, 0.5) is 5.69 Å². The van der Waals surface area contributed by atoms with Gasteiger partial charge >= 0.3 is 0 Å². The second kappa shape index (κ2) is 6.11. The second-order valence-corrected chi connectivity index (χ2v) is 7.30. The van der Waals surface area contributed by atoms with E-state index in [1.165, 1.54) is 7.05 Å². The molecule has 0 aliphatic carbocycles. The summed E-state index contributed by atoms with van der Waals surface area (Å²) in [7, 11) is -1.94. The van der Waals surface area contributed by atoms with E-state index in [1.807, 2.05) is 12.1 Å². The van der Waals surface area contributed by atoms with E-state index in [4.69, 9.17) is 5.73 Å². The van der Waals surface area contributed by atoms with Gasteiger partial charge in [-0.3, -0.25) is 0 Å². The Balaban J connectivity index is 2.15. The van der Waals surface area contributed by atoms with Crippen LogP contribution in [-0.4, -0.2) is 35.1 Å². The van der Waals surface area contributed by atoms with E-state index in [-0.39, 0.29) is 0 Å². The number of piperidine rings is 1. The van der Waals surface area contributed by atoms with Gasteiger partial charge in [0.05, 0.1) is 4.90 Å². The molecular weight excluding hydrogens is 274 g/mol. The zero-order chi connectivity index (χ0) is 14.8. The number of nitrogens with two attached hydrogens (primary N) is 1. The molecule has 20 heavy (non-hydrogen) atoms. The summed E-state index contributed by atoms with van der Waals surface area (Å²) in [4.78, 5) is 2.58. The molecule has 0 radical (unpaired) electrons. The Morgan fingerprint density at radius 3 is 2.55 bits per heavy atom. The summed E-state index contributed by atoms with van der Waals surface area (Å²) in [5, 5.41) is 0. The van der Waals surface area contributed by atoms with Crippen molar-refractivity contribution in [1.82, 2.24) is 4.72 Å². The number of anilines is 1. The van der Waals surface area contributed by atoms with E-state index < -0.39 is 10.0 Å². The quantitative estimate of drug-likeness (QED) is 0.870. The Morgan fingerprint density at radius 2 is 2.00 bits per heavy atom. The lowest BCUT2D eigenvalue weighted by Crippen LogP contribution is -2.42. The highest BCUT2D eigenvalue weighted by Gasteiger charge is 2.25. The summed E-state index contributed by atoms with van der Waals surface area (Å²) >= 11 is 0. The first-order chi connectivity index (χ1) is 9.47. The first-order valence-electron chi connectivity index (χ1n) is 6.96. The number of benzene rings is 1. The van der Waals surface area contributed by atoms with Gasteiger partial charge in [0.25, 0.3) is 0 Å². The molecule has 5 nitrogen and oxygen atoms in total. The average Bonchev–Trinajstić information content (AvgIpc) is 2.48. The van der Waals surface area contributed by atoms with Crippen LogP contribution in [0.1, 0.15) is 13.3 Å². The number of hydrogen-bond acceptors (Lipinski definition) is 4. The number of rotatable bonds is 4. The van der Waals surface area contributed by atoms with Crippen molar-refractivity contribution >= 4 is 15.7 Å². The normalized spacial score (nSPS) is 23.9. The zero-order valence-electron chi connectivity index (χ0n) is 12.0. The number of sulfonamides is 1. The van der Waals surface area contributed by atoms with Gasteiger partial charge in [0.2, 0.25) is 10.0 Å². The van der Waals surface area contributed by atoms with Crippen molar-refractivity contribution in [2.45, 2.75) is 18.2 Å². The third kappa shape index (κ3) is 3.13. The summed E-state index contributed by atoms with van der Waals surface area (Å²) in [5.74, 6) is 1.16. The van der Waals surface area contributed by atoms with E-state index in [0.29, 0.717) is 23.3 Å². The lowest BCUT2D eigenvalue weighted by atomic mass is 9.87. The molecule has 2 rings (SSSR count). The molecule has 1 aliphatic heterocycles. The van der Waals surface area contributed by atoms with Crippen molar-refractivity contribution in [3.63, 3.8) is 0 Å². The number of hydrogen-bond donors (Lipinski definition) is 2. The molecule has 112 valence electrons. The van der Waals surface area contributed by atoms with Crippen molar-refractivity contribution in [3.8, 4) is 0 Å². The van der Waals surface area contributed by atoms with Crippen LogP contribution in [0.3, 0.4) is 0 Å². The number of nitrogens with zero attached hydrogens (tertiary/aromatic N) is 1. The zero-order valence-corrected chi connectivity index (χ0v) is 12.9. The molecule has 0 bridgehead atoms. The Hall–Kier alpha value is -1.11. The highest BCUT2D eigenvalue weighted by Crippen LogP contribution is 2.27. The SMILES string of the molecule is CNS(=O)(=O)c1ccc(N2CCC(C)C(CN)C2)cc1. The topological polar surface area (TPSA) is 75.4 Å². The molecule has 3 N–H and O–H groups in total. The molecule has 1 fully saturated rings. The van der Waals surface area contributed by atoms with Crippen LogP contribution in [0.25, 0.3) is 0 Å². The maximum absolute atomic E-state index is 11.7. The second-order valence-electron chi connectivity index (χ2n) is 5.41. The predicted octanol–water partition coefficient (Wildman–Crippen LogP) is 1.02. The summed E-state index contributed by atoms with van der Waals surface area (Å²) < 4.78 is 25.7. The molecule has 2 atom stereocenters. The maximum Gasteiger partial charge on any atom is 0.240 e. The molecule has 1 saturated heterocycles. The minimum Gasteiger partial charge on any atom is -0.371 e. The summed E-state index contributed by atoms with van der Waals surface area (Å²) in [6.07, 6.45) is 1.12. The van der Waals surface area contributed by atoms with Crippen molar-refractivity contribution in [3.05, 3.63) is 24.3 Å². The van der Waals surface area contributed by atoms with Crippen LogP contribution in [-0.2, 0) is 10.0 Å². The van der Waals surface area contributed by atoms with Gasteiger partial charge in [-0.05, 0) is 56.1 Å². The van der Waals surface area contributed by atoms with E-state index in [2.05, 4.69) is 16.5 Å². The number of nitrogens with one attached hydrogen (secondary N) is 1. The molecule has 1 heterocycles. The van der Waals surface area contributed by atoms with Gasteiger partial charge < -0.3 is 10.6 Å². The van der Waals surface area contributed by atoms with Crippen molar-refractivity contribution < 1.29 is 8.42 Å². The summed E-state index contributed by atoms with van der Waals surface area (Å²) in [5.41, 5.74) is 6.88. The van der Waals surface area contributed by atoms with Crippen LogP contribution < -0.4 is 15.4 Å². The van der Waals surface area contributed by atoms with Gasteiger partial charge in [0, 0.05) is 18.8 Å². The Bertz CT molecular complexity index is 542. The fourth-order valence-electron chi connectivity index (χ4n) is 2.64. The summed E-state index contributed by atoms with van der Waals surface area (Å²) in [6.45, 7) is 4.88. The Kier molecular flexibility index (Phi) is 4.67. The van der Waals surface area contributed by atoms with Gasteiger partial charge in [-0.15, -0.1) is 0 Å². The highest BCUT2D eigenvalue weighted by molar-refractivity contribution is 7.89. The van der Waals surface area contributed by atoms with E-state index >= 15 is 0 Å². The van der Waals surface area contributed by atoms with Gasteiger partial charge in [0.15, 0.2) is 0 Å². The minimum absolute atomic E-state index is 0.296. The molecular formula is C14H23N3O2S. The van der Waals surface area contributed by atoms with Crippen LogP contribution >= 0.6 is 0 Å². The molecule has 6 heteroatoms. The lowest BCUT2D eigenvalue weighted by Gasteiger charge is -2.38. The van der Waals surface area contributed by atoms with Crippen LogP contribution in [0.15, 0.2) is 29.2 Å². The van der Waals surface area contributed by atoms with Gasteiger partial charge in [-0.25, -0.2) is 13.1 Å². The molecule has 0 aromatic heterocycles. The smallest absolute Gasteiger partial charge is 0.240 e. The van der Waals surface area contributed by atoms with Crippen molar-refractivity contribution in [2.24, 2.45) is 17.6 Å². The minimum atomic E-state index is -3.36. The first-order valence-corrected chi connectivity index (χ1v) is 8.45. The molecule has 0 spiro atoms. The van der Waals surface area contributed by atoms with Crippen LogP contribution in [0.2, 0.25) is 0 Å². The molecule has 1 aromatic rings. The average molecular weight is 297 g/mol. The third-order valence-corrected chi connectivity index (χ3v) is 5.63. The third-order valence-electron chi connectivity index (χ3n) is 4.20. The van der Waals surface area contributed by atoms with Crippen LogP contribution in [0, 0.1) is 11.8 Å². The van der Waals surface area contributed by atoms with Gasteiger partial charge in [0.1, 0.15) is 0 Å². The van der Waals surface area contributed by atoms with E-state index in [9.17, 15) is 8.42 Å². The molecule has 1 aliphatic rings. The maximum atomic E-state index is 11.7. The van der Waals surface area contributed by atoms with E-state index in [0.717, 1.165) is 25.2 Å². The summed E-state index contributed by atoms with van der Waals surface area (Å²) in [6, 6.07) is 7.04. The monoisotopic (exact) mass is 297 g/mol. The standard InChI is InChI=1S/C14H23N3O2S/c1-11-7-8-17(10-12(11)9-15)13-3-5-14(6-4-13)20(18,19)16-2/h3-6,11-12,16H,7-10,15H2,1-2H3. The highest BCUT2D eigenvalue weighted by atomic mass is 32.2. The lowest BCUT2D eigenvalue weighted by molar-refractivity contribution is 0.308. The molecule has 0 saturated carbocycles. The van der Waals surface area contributed by atoms with E-state index in [1.54, 1.807) is 12.1 Å². The van der Waals surface area contributed by atoms with Gasteiger partial charge in [-0.1, -0.05) is 6.92 Å². The Labute approximate surface area is 121 Å². The Morgan fingerprint density at radius 1 is 1.35 bits per heavy atom. The fraction of sp³-hybridized carbons (Fsp3) is 0.571. The van der Waals surface area contributed by atoms with Crippen molar-refractivity contribution in [2.75, 3.05) is 31.6 Å². The molecule has 0 amide bonds. The van der Waals surface area contributed by atoms with Crippen molar-refractivity contribution in [1.29, 1.82) is 0 Å². The first kappa shape index (κ1) is 15.3. The van der Waals surface area contributed by atoms with Crippen LogP contribution in [0.5, 0.6) is 0 Å². The molecule has 1 aromatic carbocycles. The molecule has 2 unspecified atom stereocenters. The largest absolute Gasteiger partial charge is 0.371 e. The predicted molar refractivity (Wildman–Crippen MR) is 81.2 cm³/mol. The fourth-order valence-corrected chi connectivity index (χ4v) is 3.37.